The van der Waals surface area contributed by atoms with Crippen molar-refractivity contribution in [3.8, 4) is 17.3 Å². The van der Waals surface area contributed by atoms with Crippen LogP contribution in [0.3, 0.4) is 0 Å². The second-order valence-electron chi connectivity index (χ2n) is 10.1. The van der Waals surface area contributed by atoms with Crippen molar-refractivity contribution in [2.45, 2.75) is 0 Å². The SMILES string of the molecule is O=C(COc1ccc2ccccc2c1C=Nn1c(-c2cc3cc(Cl)ccc3o2)nc2ccccc2c1=O)Nc1ccc(Cl)cc1. The zero-order chi connectivity index (χ0) is 30.9. The monoisotopic (exact) mass is 632 g/mol. The Morgan fingerprint density at radius 2 is 1.62 bits per heavy atom. The van der Waals surface area contributed by atoms with Crippen LogP contribution in [0, 0.1) is 0 Å². The van der Waals surface area contributed by atoms with Crippen molar-refractivity contribution in [1.82, 2.24) is 9.66 Å². The van der Waals surface area contributed by atoms with E-state index in [0.717, 1.165) is 16.2 Å². The molecule has 10 heteroatoms. The summed E-state index contributed by atoms with van der Waals surface area (Å²) in [6.07, 6.45) is 1.54. The van der Waals surface area contributed by atoms with Gasteiger partial charge in [-0.3, -0.25) is 9.59 Å². The highest BCUT2D eigenvalue weighted by atomic mass is 35.5. The van der Waals surface area contributed by atoms with Crippen molar-refractivity contribution in [2.24, 2.45) is 5.10 Å². The fraction of sp³-hybridized carbons (Fsp3) is 0.0286. The van der Waals surface area contributed by atoms with Crippen molar-refractivity contribution in [3.63, 3.8) is 0 Å². The van der Waals surface area contributed by atoms with Crippen LogP contribution < -0.4 is 15.6 Å². The average molecular weight is 633 g/mol. The van der Waals surface area contributed by atoms with Crippen LogP contribution in [-0.2, 0) is 4.79 Å². The van der Waals surface area contributed by atoms with Crippen LogP contribution in [-0.4, -0.2) is 28.4 Å². The summed E-state index contributed by atoms with van der Waals surface area (Å²) in [7, 11) is 0. The van der Waals surface area contributed by atoms with Gasteiger partial charge in [0.15, 0.2) is 12.4 Å². The number of halogens is 2. The first-order valence-corrected chi connectivity index (χ1v) is 14.6. The number of fused-ring (bicyclic) bond motifs is 3. The molecule has 1 amide bonds. The third-order valence-corrected chi connectivity index (χ3v) is 7.66. The molecule has 0 bridgehead atoms. The van der Waals surface area contributed by atoms with E-state index >= 15 is 0 Å². The van der Waals surface area contributed by atoms with Crippen LogP contribution in [0.1, 0.15) is 5.56 Å². The highest BCUT2D eigenvalue weighted by Crippen LogP contribution is 2.30. The summed E-state index contributed by atoms with van der Waals surface area (Å²) in [6.45, 7) is -0.258. The maximum Gasteiger partial charge on any atom is 0.282 e. The summed E-state index contributed by atoms with van der Waals surface area (Å²) in [5.74, 6) is 0.619. The fourth-order valence-electron chi connectivity index (χ4n) is 5.04. The van der Waals surface area contributed by atoms with Crippen LogP contribution >= 0.6 is 23.2 Å². The number of carbonyl (C=O) groups is 1. The molecule has 0 saturated carbocycles. The molecule has 0 aliphatic carbocycles. The van der Waals surface area contributed by atoms with Gasteiger partial charge < -0.3 is 14.5 Å². The Bertz CT molecular complexity index is 2330. The third-order valence-electron chi connectivity index (χ3n) is 7.17. The number of furan rings is 1. The number of hydrogen-bond acceptors (Lipinski definition) is 6. The van der Waals surface area contributed by atoms with Gasteiger partial charge in [0.1, 0.15) is 11.3 Å². The molecule has 0 saturated heterocycles. The number of amides is 1. The van der Waals surface area contributed by atoms with E-state index in [-0.39, 0.29) is 23.9 Å². The second kappa shape index (κ2) is 11.9. The Kier molecular flexibility index (Phi) is 7.51. The minimum atomic E-state index is -0.379. The number of hydrogen-bond donors (Lipinski definition) is 1. The van der Waals surface area contributed by atoms with Crippen LogP contribution in [0.25, 0.3) is 44.2 Å². The molecule has 7 rings (SSSR count). The van der Waals surface area contributed by atoms with E-state index in [1.807, 2.05) is 36.4 Å². The predicted molar refractivity (Wildman–Crippen MR) is 179 cm³/mol. The van der Waals surface area contributed by atoms with Crippen molar-refractivity contribution in [1.29, 1.82) is 0 Å². The van der Waals surface area contributed by atoms with Crippen LogP contribution in [0.2, 0.25) is 10.0 Å². The Morgan fingerprint density at radius 1 is 0.867 bits per heavy atom. The normalized spacial score (nSPS) is 11.5. The highest BCUT2D eigenvalue weighted by molar-refractivity contribution is 6.31. The van der Waals surface area contributed by atoms with Gasteiger partial charge in [0, 0.05) is 26.7 Å². The van der Waals surface area contributed by atoms with Crippen molar-refractivity contribution in [3.05, 3.63) is 135 Å². The summed E-state index contributed by atoms with van der Waals surface area (Å²) in [5.41, 5.74) is 1.89. The predicted octanol–water partition coefficient (Wildman–Crippen LogP) is 8.17. The molecule has 0 radical (unpaired) electrons. The van der Waals surface area contributed by atoms with E-state index in [0.29, 0.717) is 49.3 Å². The quantitative estimate of drug-likeness (QED) is 0.179. The van der Waals surface area contributed by atoms with Gasteiger partial charge in [0.25, 0.3) is 11.5 Å². The van der Waals surface area contributed by atoms with Gasteiger partial charge in [-0.05, 0) is 77.5 Å². The first-order chi connectivity index (χ1) is 21.9. The standard InChI is InChI=1S/C35H22Cl2N4O4/c36-23-10-13-25(14-11-23)39-33(42)20-44-31-15-9-21-5-1-2-6-26(21)28(31)19-38-41-34(40-29-8-4-3-7-27(29)35(41)43)32-18-22-17-24(37)12-16-30(22)45-32/h1-19H,20H2,(H,39,42). The molecule has 5 aromatic carbocycles. The van der Waals surface area contributed by atoms with Gasteiger partial charge in [0.2, 0.25) is 5.82 Å². The maximum absolute atomic E-state index is 13.8. The van der Waals surface area contributed by atoms with Gasteiger partial charge >= 0.3 is 0 Å². The number of benzene rings is 5. The van der Waals surface area contributed by atoms with Crippen molar-refractivity contribution in [2.75, 3.05) is 11.9 Å². The second-order valence-corrected chi connectivity index (χ2v) is 11.0. The summed E-state index contributed by atoms with van der Waals surface area (Å²) >= 11 is 12.2. The number of nitrogens with one attached hydrogen (secondary N) is 1. The lowest BCUT2D eigenvalue weighted by Crippen LogP contribution is -2.21. The topological polar surface area (TPSA) is 98.7 Å². The lowest BCUT2D eigenvalue weighted by atomic mass is 10.0. The summed E-state index contributed by atoms with van der Waals surface area (Å²) in [5, 5.41) is 11.5. The third kappa shape index (κ3) is 5.76. The summed E-state index contributed by atoms with van der Waals surface area (Å²) in [6, 6.07) is 32.2. The molecule has 0 fully saturated rings. The molecule has 7 aromatic rings. The molecule has 0 atom stereocenters. The summed E-state index contributed by atoms with van der Waals surface area (Å²) in [4.78, 5) is 31.3. The van der Waals surface area contributed by atoms with E-state index < -0.39 is 0 Å². The van der Waals surface area contributed by atoms with E-state index in [2.05, 4.69) is 10.4 Å². The Labute approximate surface area is 266 Å². The van der Waals surface area contributed by atoms with Crippen molar-refractivity contribution < 1.29 is 13.9 Å². The van der Waals surface area contributed by atoms with E-state index in [1.54, 1.807) is 72.8 Å². The number of aromatic nitrogens is 2. The maximum atomic E-state index is 13.8. The van der Waals surface area contributed by atoms with Crippen LogP contribution in [0.4, 0.5) is 5.69 Å². The minimum absolute atomic E-state index is 0.215. The fourth-order valence-corrected chi connectivity index (χ4v) is 5.34. The zero-order valence-corrected chi connectivity index (χ0v) is 24.9. The lowest BCUT2D eigenvalue weighted by molar-refractivity contribution is -0.118. The van der Waals surface area contributed by atoms with Gasteiger partial charge in [-0.1, -0.05) is 65.7 Å². The van der Waals surface area contributed by atoms with E-state index in [1.165, 1.54) is 10.9 Å². The lowest BCUT2D eigenvalue weighted by Gasteiger charge is -2.13. The smallest absolute Gasteiger partial charge is 0.282 e. The van der Waals surface area contributed by atoms with Gasteiger partial charge in [-0.2, -0.15) is 9.78 Å². The number of anilines is 1. The van der Waals surface area contributed by atoms with Crippen LogP contribution in [0.5, 0.6) is 5.75 Å². The van der Waals surface area contributed by atoms with Crippen molar-refractivity contribution >= 4 is 73.7 Å². The Morgan fingerprint density at radius 3 is 2.47 bits per heavy atom. The molecule has 2 heterocycles. The molecule has 220 valence electrons. The Hall–Kier alpha value is -5.44. The van der Waals surface area contributed by atoms with E-state index in [4.69, 9.17) is 37.3 Å². The molecule has 0 unspecified atom stereocenters. The van der Waals surface area contributed by atoms with Crippen LogP contribution in [0.15, 0.2) is 124 Å². The number of para-hydroxylation sites is 1. The first-order valence-electron chi connectivity index (χ1n) is 13.9. The Balaban J connectivity index is 1.30. The first kappa shape index (κ1) is 28.3. The minimum Gasteiger partial charge on any atom is -0.483 e. The molecule has 0 spiro atoms. The highest BCUT2D eigenvalue weighted by Gasteiger charge is 2.17. The largest absolute Gasteiger partial charge is 0.483 e. The van der Waals surface area contributed by atoms with Gasteiger partial charge in [-0.25, -0.2) is 4.98 Å². The molecular formula is C35H22Cl2N4O4. The molecule has 45 heavy (non-hydrogen) atoms. The number of rotatable bonds is 7. The number of nitrogens with zero attached hydrogens (tertiary/aromatic N) is 3. The number of ether oxygens (including phenoxy) is 1. The van der Waals surface area contributed by atoms with E-state index in [9.17, 15) is 9.59 Å². The molecule has 2 aromatic heterocycles. The summed E-state index contributed by atoms with van der Waals surface area (Å²) < 4.78 is 13.3. The van der Waals surface area contributed by atoms with Gasteiger partial charge in [-0.15, -0.1) is 0 Å². The number of carbonyl (C=O) groups excluding carboxylic acids is 1. The molecule has 1 N–H and O–H groups in total. The zero-order valence-electron chi connectivity index (χ0n) is 23.4. The molecule has 0 aliphatic heterocycles. The van der Waals surface area contributed by atoms with Gasteiger partial charge in [0.05, 0.1) is 17.1 Å². The molecule has 8 nitrogen and oxygen atoms in total. The average Bonchev–Trinajstić information content (AvgIpc) is 3.47. The molecular weight excluding hydrogens is 611 g/mol. The molecule has 0 aliphatic rings.